The van der Waals surface area contributed by atoms with Crippen LogP contribution in [0, 0.1) is 5.82 Å². The third kappa shape index (κ3) is 3.95. The van der Waals surface area contributed by atoms with Crippen LogP contribution in [-0.4, -0.2) is 56.9 Å². The SMILES string of the molecule is CN(C)C(=O)c1c2c(c(O)c(=O)n1-c1cccnc1)C(=O)N(Cc1ccc(F)c(Cl)c1)CC2. The quantitative estimate of drug-likeness (QED) is 0.632. The molecule has 3 aromatic rings. The Balaban J connectivity index is 1.86. The molecule has 10 heteroatoms. The lowest BCUT2D eigenvalue weighted by Gasteiger charge is -2.31. The minimum Gasteiger partial charge on any atom is -0.502 e. The van der Waals surface area contributed by atoms with Crippen molar-refractivity contribution in [1.82, 2.24) is 19.4 Å². The molecule has 0 fully saturated rings. The third-order valence-electron chi connectivity index (χ3n) is 5.46. The number of hydrogen-bond acceptors (Lipinski definition) is 5. The number of rotatable bonds is 4. The molecule has 0 spiro atoms. The van der Waals surface area contributed by atoms with Crippen molar-refractivity contribution in [2.24, 2.45) is 0 Å². The highest BCUT2D eigenvalue weighted by atomic mass is 35.5. The van der Waals surface area contributed by atoms with Crippen molar-refractivity contribution in [2.75, 3.05) is 20.6 Å². The molecule has 4 rings (SSSR count). The number of hydrogen-bond donors (Lipinski definition) is 1. The molecule has 8 nitrogen and oxygen atoms in total. The van der Waals surface area contributed by atoms with E-state index in [0.717, 1.165) is 4.57 Å². The lowest BCUT2D eigenvalue weighted by Crippen LogP contribution is -2.42. The van der Waals surface area contributed by atoms with Crippen molar-refractivity contribution in [3.05, 3.63) is 86.3 Å². The lowest BCUT2D eigenvalue weighted by atomic mass is 9.95. The highest BCUT2D eigenvalue weighted by Crippen LogP contribution is 2.30. The van der Waals surface area contributed by atoms with Gasteiger partial charge in [0, 0.05) is 38.9 Å². The van der Waals surface area contributed by atoms with Crippen molar-refractivity contribution in [2.45, 2.75) is 13.0 Å². The Labute approximate surface area is 193 Å². The van der Waals surface area contributed by atoms with Crippen molar-refractivity contribution in [3.63, 3.8) is 0 Å². The van der Waals surface area contributed by atoms with Gasteiger partial charge in [0.15, 0.2) is 5.75 Å². The number of pyridine rings is 2. The van der Waals surface area contributed by atoms with Gasteiger partial charge in [-0.25, -0.2) is 4.39 Å². The van der Waals surface area contributed by atoms with Crippen LogP contribution in [0.2, 0.25) is 5.02 Å². The summed E-state index contributed by atoms with van der Waals surface area (Å²) >= 11 is 5.85. The zero-order valence-corrected chi connectivity index (χ0v) is 18.6. The summed E-state index contributed by atoms with van der Waals surface area (Å²) in [6.07, 6.45) is 3.14. The van der Waals surface area contributed by atoms with Crippen molar-refractivity contribution in [1.29, 1.82) is 0 Å². The van der Waals surface area contributed by atoms with Gasteiger partial charge in [0.2, 0.25) is 0 Å². The van der Waals surface area contributed by atoms with Crippen LogP contribution in [0.3, 0.4) is 0 Å². The number of nitrogens with zero attached hydrogens (tertiary/aromatic N) is 4. The maximum atomic E-state index is 13.5. The Morgan fingerprint density at radius 3 is 2.67 bits per heavy atom. The smallest absolute Gasteiger partial charge is 0.298 e. The predicted octanol–water partition coefficient (Wildman–Crippen LogP) is 2.63. The predicted molar refractivity (Wildman–Crippen MR) is 119 cm³/mol. The largest absolute Gasteiger partial charge is 0.502 e. The molecule has 170 valence electrons. The molecule has 2 amide bonds. The maximum absolute atomic E-state index is 13.5. The van der Waals surface area contributed by atoms with Gasteiger partial charge < -0.3 is 14.9 Å². The molecule has 0 aliphatic carbocycles. The summed E-state index contributed by atoms with van der Waals surface area (Å²) < 4.78 is 14.6. The first-order chi connectivity index (χ1) is 15.7. The Morgan fingerprint density at radius 2 is 2.03 bits per heavy atom. The van der Waals surface area contributed by atoms with E-state index < -0.39 is 28.9 Å². The van der Waals surface area contributed by atoms with Gasteiger partial charge in [-0.1, -0.05) is 17.7 Å². The summed E-state index contributed by atoms with van der Waals surface area (Å²) in [6.45, 7) is 0.319. The van der Waals surface area contributed by atoms with Gasteiger partial charge in [-0.05, 0) is 36.2 Å². The van der Waals surface area contributed by atoms with Crippen LogP contribution in [0.5, 0.6) is 5.75 Å². The molecule has 0 atom stereocenters. The van der Waals surface area contributed by atoms with Crippen LogP contribution in [-0.2, 0) is 13.0 Å². The first-order valence-electron chi connectivity index (χ1n) is 10.1. The maximum Gasteiger partial charge on any atom is 0.298 e. The molecule has 0 saturated carbocycles. The third-order valence-corrected chi connectivity index (χ3v) is 5.75. The van der Waals surface area contributed by atoms with E-state index in [9.17, 15) is 23.9 Å². The average Bonchev–Trinajstić information content (AvgIpc) is 2.80. The number of amides is 2. The second-order valence-corrected chi connectivity index (χ2v) is 8.23. The summed E-state index contributed by atoms with van der Waals surface area (Å²) in [5.74, 6) is -2.40. The van der Waals surface area contributed by atoms with E-state index >= 15 is 0 Å². The van der Waals surface area contributed by atoms with Gasteiger partial charge >= 0.3 is 0 Å². The number of halogens is 2. The monoisotopic (exact) mass is 470 g/mol. The van der Waals surface area contributed by atoms with Crippen LogP contribution in [0.4, 0.5) is 4.39 Å². The molecule has 0 bridgehead atoms. The van der Waals surface area contributed by atoms with Crippen LogP contribution in [0.15, 0.2) is 47.5 Å². The second-order valence-electron chi connectivity index (χ2n) is 7.83. The molecule has 0 radical (unpaired) electrons. The first kappa shape index (κ1) is 22.5. The van der Waals surface area contributed by atoms with E-state index in [-0.39, 0.29) is 41.4 Å². The van der Waals surface area contributed by atoms with Crippen LogP contribution >= 0.6 is 11.6 Å². The minimum atomic E-state index is -0.896. The zero-order chi connectivity index (χ0) is 23.9. The van der Waals surface area contributed by atoms with Gasteiger partial charge in [0.1, 0.15) is 11.5 Å². The molecule has 33 heavy (non-hydrogen) atoms. The number of aromatic nitrogens is 2. The Morgan fingerprint density at radius 1 is 1.27 bits per heavy atom. The Kier molecular flexibility index (Phi) is 5.90. The summed E-state index contributed by atoms with van der Waals surface area (Å²) in [5, 5.41) is 10.7. The number of aromatic hydroxyl groups is 1. The highest BCUT2D eigenvalue weighted by molar-refractivity contribution is 6.30. The highest BCUT2D eigenvalue weighted by Gasteiger charge is 2.35. The minimum absolute atomic E-state index is 0.00336. The van der Waals surface area contributed by atoms with E-state index in [4.69, 9.17) is 11.6 Å². The summed E-state index contributed by atoms with van der Waals surface area (Å²) in [6, 6.07) is 7.31. The Hall–Kier alpha value is -3.72. The van der Waals surface area contributed by atoms with Gasteiger partial charge in [0.05, 0.1) is 22.5 Å². The standard InChI is InChI=1S/C23H20ClFN4O4/c1-27(2)22(32)19-15-7-9-28(12-13-5-6-17(25)16(24)10-13)21(31)18(15)20(30)23(33)29(19)14-4-3-8-26-11-14/h3-6,8,10-11,30H,7,9,12H2,1-2H3. The molecule has 1 aliphatic heterocycles. The molecule has 1 N–H and O–H groups in total. The number of benzene rings is 1. The fourth-order valence-electron chi connectivity index (χ4n) is 3.87. The van der Waals surface area contributed by atoms with Crippen LogP contribution in [0.1, 0.15) is 32.0 Å². The fraction of sp³-hybridized carbons (Fsp3) is 0.217. The normalized spacial score (nSPS) is 13.1. The summed E-state index contributed by atoms with van der Waals surface area (Å²) in [4.78, 5) is 46.3. The summed E-state index contributed by atoms with van der Waals surface area (Å²) in [5.41, 5.74) is 0.0704. The zero-order valence-electron chi connectivity index (χ0n) is 17.9. The number of carbonyl (C=O) groups excluding carboxylic acids is 2. The van der Waals surface area contributed by atoms with Gasteiger partial charge in [0.25, 0.3) is 17.4 Å². The molecule has 2 aromatic heterocycles. The molecular weight excluding hydrogens is 451 g/mol. The van der Waals surface area contributed by atoms with Gasteiger partial charge in [-0.2, -0.15) is 0 Å². The summed E-state index contributed by atoms with van der Waals surface area (Å²) in [7, 11) is 3.07. The lowest BCUT2D eigenvalue weighted by molar-refractivity contribution is 0.0720. The van der Waals surface area contributed by atoms with Crippen LogP contribution < -0.4 is 5.56 Å². The van der Waals surface area contributed by atoms with E-state index in [1.807, 2.05) is 0 Å². The first-order valence-corrected chi connectivity index (χ1v) is 10.4. The molecule has 1 aliphatic rings. The molecule has 0 unspecified atom stereocenters. The van der Waals surface area contributed by atoms with E-state index in [0.29, 0.717) is 11.3 Å². The van der Waals surface area contributed by atoms with Crippen molar-refractivity contribution >= 4 is 23.4 Å². The topological polar surface area (TPSA) is 95.7 Å². The molecule has 3 heterocycles. The molecular formula is C23H20ClFN4O4. The molecule has 1 aromatic carbocycles. The molecule has 0 saturated heterocycles. The second kappa shape index (κ2) is 8.67. The number of fused-ring (bicyclic) bond motifs is 1. The van der Waals surface area contributed by atoms with Gasteiger partial charge in [-0.3, -0.25) is 23.9 Å². The Bertz CT molecular complexity index is 1320. The van der Waals surface area contributed by atoms with Gasteiger partial charge in [-0.15, -0.1) is 0 Å². The van der Waals surface area contributed by atoms with E-state index in [1.165, 1.54) is 54.5 Å². The van der Waals surface area contributed by atoms with Crippen molar-refractivity contribution < 1.29 is 19.1 Å². The average molecular weight is 471 g/mol. The van der Waals surface area contributed by atoms with E-state index in [2.05, 4.69) is 4.98 Å². The number of carbonyl (C=O) groups is 2. The van der Waals surface area contributed by atoms with E-state index in [1.54, 1.807) is 12.1 Å². The van der Waals surface area contributed by atoms with Crippen molar-refractivity contribution in [3.8, 4) is 11.4 Å². The fourth-order valence-corrected chi connectivity index (χ4v) is 4.07. The van der Waals surface area contributed by atoms with Crippen LogP contribution in [0.25, 0.3) is 5.69 Å².